The smallest absolute Gasteiger partial charge is 0.410 e. The Kier molecular flexibility index (Phi) is 9.88. The Morgan fingerprint density at radius 3 is 2.48 bits per heavy atom. The third-order valence-electron chi connectivity index (χ3n) is 3.77. The molecule has 2 N–H and O–H groups in total. The molecule has 1 unspecified atom stereocenters. The van der Waals surface area contributed by atoms with Crippen LogP contribution in [0.2, 0.25) is 0 Å². The molecule has 0 aromatic heterocycles. The first kappa shape index (κ1) is 22.3. The van der Waals surface area contributed by atoms with Gasteiger partial charge in [0.2, 0.25) is 0 Å². The van der Waals surface area contributed by atoms with Crippen molar-refractivity contribution in [2.45, 2.75) is 53.1 Å². The maximum Gasteiger partial charge on any atom is 0.410 e. The number of hydrogen-bond donors (Lipinski definition) is 1. The summed E-state index contributed by atoms with van der Waals surface area (Å²) < 4.78 is 5.44. The van der Waals surface area contributed by atoms with Crippen molar-refractivity contribution in [2.75, 3.05) is 32.7 Å². The van der Waals surface area contributed by atoms with Gasteiger partial charge in [-0.25, -0.2) is 4.79 Å². The van der Waals surface area contributed by atoms with Gasteiger partial charge in [0.05, 0.1) is 0 Å². The number of guanidine groups is 1. The van der Waals surface area contributed by atoms with Gasteiger partial charge in [0.1, 0.15) is 5.60 Å². The van der Waals surface area contributed by atoms with Gasteiger partial charge in [0.15, 0.2) is 5.96 Å². The molecule has 7 heteroatoms. The lowest BCUT2D eigenvalue weighted by molar-refractivity contribution is 0.0170. The molecule has 0 aromatic rings. The van der Waals surface area contributed by atoms with Crippen molar-refractivity contribution in [2.24, 2.45) is 16.6 Å². The minimum Gasteiger partial charge on any atom is -0.444 e. The molecule has 1 saturated heterocycles. The van der Waals surface area contributed by atoms with Crippen molar-refractivity contribution in [3.05, 3.63) is 0 Å². The van der Waals surface area contributed by atoms with Gasteiger partial charge in [-0.05, 0) is 53.4 Å². The Balaban J connectivity index is 0.00000484. The number of carbonyl (C=O) groups is 1. The average Bonchev–Trinajstić information content (AvgIpc) is 2.45. The topological polar surface area (TPSA) is 71.2 Å². The second-order valence-electron chi connectivity index (χ2n) is 6.81. The fraction of sp³-hybridized carbons (Fsp3) is 0.875. The SMILES string of the molecule is CCN(CC)C(N)=NCC1CCCN(C(=O)OC(C)(C)C)C1.I. The van der Waals surface area contributed by atoms with Gasteiger partial charge < -0.3 is 20.3 Å². The predicted molar refractivity (Wildman–Crippen MR) is 105 cm³/mol. The maximum absolute atomic E-state index is 12.1. The van der Waals surface area contributed by atoms with Gasteiger partial charge in [0.25, 0.3) is 0 Å². The number of aliphatic imine (C=N–C) groups is 1. The number of carbonyl (C=O) groups excluding carboxylic acids is 1. The van der Waals surface area contributed by atoms with Crippen LogP contribution in [0.15, 0.2) is 4.99 Å². The van der Waals surface area contributed by atoms with E-state index in [4.69, 9.17) is 10.5 Å². The quantitative estimate of drug-likeness (QED) is 0.415. The van der Waals surface area contributed by atoms with Gasteiger partial charge in [-0.15, -0.1) is 24.0 Å². The van der Waals surface area contributed by atoms with E-state index in [-0.39, 0.29) is 30.1 Å². The normalized spacial score (nSPS) is 19.1. The minimum absolute atomic E-state index is 0. The van der Waals surface area contributed by atoms with Gasteiger partial charge >= 0.3 is 6.09 Å². The molecule has 0 radical (unpaired) electrons. The van der Waals surface area contributed by atoms with Crippen LogP contribution in [0, 0.1) is 5.92 Å². The Morgan fingerprint density at radius 1 is 1.35 bits per heavy atom. The summed E-state index contributed by atoms with van der Waals surface area (Å²) in [6.45, 7) is 13.7. The average molecular weight is 440 g/mol. The van der Waals surface area contributed by atoms with Crippen LogP contribution >= 0.6 is 24.0 Å². The molecule has 0 aliphatic carbocycles. The Hall–Kier alpha value is -0.730. The first-order chi connectivity index (χ1) is 10.3. The molecule has 1 rings (SSSR count). The van der Waals surface area contributed by atoms with Crippen molar-refractivity contribution in [3.63, 3.8) is 0 Å². The zero-order valence-corrected chi connectivity index (χ0v) is 17.5. The van der Waals surface area contributed by atoms with Crippen LogP contribution in [0.4, 0.5) is 4.79 Å². The zero-order chi connectivity index (χ0) is 16.8. The standard InChI is InChI=1S/C16H32N4O2.HI/c1-6-19(7-2)14(17)18-11-13-9-8-10-20(12-13)15(21)22-16(3,4)5;/h13H,6-12H2,1-5H3,(H2,17,18);1H. The van der Waals surface area contributed by atoms with E-state index in [1.165, 1.54) is 0 Å². The highest BCUT2D eigenvalue weighted by molar-refractivity contribution is 14.0. The number of halogens is 1. The van der Waals surface area contributed by atoms with E-state index in [1.54, 1.807) is 4.90 Å². The fourth-order valence-corrected chi connectivity index (χ4v) is 2.58. The number of amides is 1. The highest BCUT2D eigenvalue weighted by Gasteiger charge is 2.27. The van der Waals surface area contributed by atoms with E-state index in [2.05, 4.69) is 18.8 Å². The highest BCUT2D eigenvalue weighted by atomic mass is 127. The number of nitrogens with zero attached hydrogens (tertiary/aromatic N) is 3. The summed E-state index contributed by atoms with van der Waals surface area (Å²) in [7, 11) is 0. The Labute approximate surface area is 157 Å². The van der Waals surface area contributed by atoms with E-state index in [9.17, 15) is 4.79 Å². The predicted octanol–water partition coefficient (Wildman–Crippen LogP) is 2.91. The largest absolute Gasteiger partial charge is 0.444 e. The van der Waals surface area contributed by atoms with Crippen LogP contribution in [0.25, 0.3) is 0 Å². The summed E-state index contributed by atoms with van der Waals surface area (Å²) >= 11 is 0. The molecule has 0 spiro atoms. The van der Waals surface area contributed by atoms with Crippen LogP contribution in [0.5, 0.6) is 0 Å². The van der Waals surface area contributed by atoms with Crippen LogP contribution in [-0.4, -0.2) is 60.2 Å². The van der Waals surface area contributed by atoms with E-state index in [0.717, 1.165) is 32.5 Å². The van der Waals surface area contributed by atoms with Crippen LogP contribution < -0.4 is 5.73 Å². The molecular formula is C16H33IN4O2. The summed E-state index contributed by atoms with van der Waals surface area (Å²) in [5.41, 5.74) is 5.56. The summed E-state index contributed by atoms with van der Waals surface area (Å²) in [5.74, 6) is 0.953. The number of piperidine rings is 1. The summed E-state index contributed by atoms with van der Waals surface area (Å²) in [5, 5.41) is 0. The molecule has 6 nitrogen and oxygen atoms in total. The van der Waals surface area contributed by atoms with Crippen molar-refractivity contribution >= 4 is 36.0 Å². The molecule has 1 aliphatic heterocycles. The summed E-state index contributed by atoms with van der Waals surface area (Å²) in [6.07, 6.45) is 1.84. The number of likely N-dealkylation sites (tertiary alicyclic amines) is 1. The molecule has 0 saturated carbocycles. The number of rotatable bonds is 4. The molecule has 1 fully saturated rings. The van der Waals surface area contributed by atoms with Gasteiger partial charge in [-0.2, -0.15) is 0 Å². The van der Waals surface area contributed by atoms with Gasteiger partial charge in [-0.1, -0.05) is 0 Å². The van der Waals surface area contributed by atoms with Gasteiger partial charge in [0, 0.05) is 32.7 Å². The molecule has 1 aliphatic rings. The number of ether oxygens (including phenoxy) is 1. The summed E-state index contributed by atoms with van der Waals surface area (Å²) in [6, 6.07) is 0. The molecule has 136 valence electrons. The second kappa shape index (κ2) is 10.2. The van der Waals surface area contributed by atoms with Crippen molar-refractivity contribution in [3.8, 4) is 0 Å². The van der Waals surface area contributed by atoms with Crippen LogP contribution in [0.3, 0.4) is 0 Å². The lowest BCUT2D eigenvalue weighted by Gasteiger charge is -2.33. The second-order valence-corrected chi connectivity index (χ2v) is 6.81. The van der Waals surface area contributed by atoms with E-state index >= 15 is 0 Å². The molecule has 1 amide bonds. The van der Waals surface area contributed by atoms with E-state index in [1.807, 2.05) is 25.7 Å². The number of nitrogens with two attached hydrogens (primary N) is 1. The fourth-order valence-electron chi connectivity index (χ4n) is 2.58. The molecule has 1 atom stereocenters. The van der Waals surface area contributed by atoms with Crippen molar-refractivity contribution < 1.29 is 9.53 Å². The Bertz CT molecular complexity index is 392. The maximum atomic E-state index is 12.1. The lowest BCUT2D eigenvalue weighted by Crippen LogP contribution is -2.44. The Morgan fingerprint density at radius 2 is 1.96 bits per heavy atom. The molecule has 0 aromatic carbocycles. The number of hydrogen-bond acceptors (Lipinski definition) is 3. The van der Waals surface area contributed by atoms with E-state index < -0.39 is 5.60 Å². The first-order valence-corrected chi connectivity index (χ1v) is 8.29. The molecule has 0 bridgehead atoms. The summed E-state index contributed by atoms with van der Waals surface area (Å²) in [4.78, 5) is 20.5. The van der Waals surface area contributed by atoms with Crippen molar-refractivity contribution in [1.29, 1.82) is 0 Å². The third-order valence-corrected chi connectivity index (χ3v) is 3.77. The van der Waals surface area contributed by atoms with Crippen LogP contribution in [0.1, 0.15) is 47.5 Å². The zero-order valence-electron chi connectivity index (χ0n) is 15.2. The first-order valence-electron chi connectivity index (χ1n) is 8.29. The molecule has 23 heavy (non-hydrogen) atoms. The van der Waals surface area contributed by atoms with E-state index in [0.29, 0.717) is 25.0 Å². The highest BCUT2D eigenvalue weighted by Crippen LogP contribution is 2.19. The van der Waals surface area contributed by atoms with Crippen molar-refractivity contribution in [1.82, 2.24) is 9.80 Å². The third kappa shape index (κ3) is 8.08. The van der Waals surface area contributed by atoms with Crippen LogP contribution in [-0.2, 0) is 4.74 Å². The minimum atomic E-state index is -0.449. The lowest BCUT2D eigenvalue weighted by atomic mass is 9.98. The monoisotopic (exact) mass is 440 g/mol. The molecule has 1 heterocycles. The van der Waals surface area contributed by atoms with Gasteiger partial charge in [-0.3, -0.25) is 4.99 Å². The molecular weight excluding hydrogens is 407 g/mol.